The van der Waals surface area contributed by atoms with Crippen LogP contribution < -0.4 is 10.6 Å². The van der Waals surface area contributed by atoms with Crippen LogP contribution >= 0.6 is 11.6 Å². The first-order valence-corrected chi connectivity index (χ1v) is 7.38. The smallest absolute Gasteiger partial charge is 0.225 e. The monoisotopic (exact) mass is 303 g/mol. The first-order chi connectivity index (χ1) is 10.2. The maximum absolute atomic E-state index is 6.07. The molecule has 5 nitrogen and oxygen atoms in total. The molecule has 0 radical (unpaired) electrons. The van der Waals surface area contributed by atoms with Gasteiger partial charge in [0.05, 0.1) is 10.7 Å². The van der Waals surface area contributed by atoms with Crippen molar-refractivity contribution >= 4 is 23.2 Å². The van der Waals surface area contributed by atoms with Gasteiger partial charge in [-0.2, -0.15) is 0 Å². The number of hydrogen-bond donors (Lipinski definition) is 1. The topological polar surface area (TPSA) is 58.3 Å². The van der Waals surface area contributed by atoms with Gasteiger partial charge in [-0.25, -0.2) is 9.97 Å². The van der Waals surface area contributed by atoms with Crippen LogP contribution in [0.2, 0.25) is 5.02 Å². The Balaban J connectivity index is 1.57. The number of rotatable bonds is 3. The Hall–Kier alpha value is -1.85. The van der Waals surface area contributed by atoms with Crippen LogP contribution in [0.5, 0.6) is 0 Å². The molecule has 0 spiro atoms. The molecule has 21 heavy (non-hydrogen) atoms. The molecule has 110 valence electrons. The van der Waals surface area contributed by atoms with Crippen LogP contribution in [0, 0.1) is 0 Å². The molecule has 2 aromatic rings. The Kier molecular flexibility index (Phi) is 4.22. The first kappa shape index (κ1) is 14.1. The second-order valence-electron chi connectivity index (χ2n) is 5.17. The molecule has 0 bridgehead atoms. The van der Waals surface area contributed by atoms with Gasteiger partial charge in [-0.15, -0.1) is 0 Å². The number of piperazine rings is 1. The van der Waals surface area contributed by atoms with E-state index in [1.54, 1.807) is 12.4 Å². The van der Waals surface area contributed by atoms with E-state index in [2.05, 4.69) is 19.8 Å². The van der Waals surface area contributed by atoms with E-state index < -0.39 is 0 Å². The molecule has 3 rings (SSSR count). The van der Waals surface area contributed by atoms with Crippen molar-refractivity contribution in [1.29, 1.82) is 0 Å². The van der Waals surface area contributed by atoms with Crippen LogP contribution in [-0.2, 0) is 6.54 Å². The van der Waals surface area contributed by atoms with E-state index in [1.165, 1.54) is 5.56 Å². The molecule has 0 amide bonds. The minimum Gasteiger partial charge on any atom is -0.398 e. The Morgan fingerprint density at radius 1 is 1.10 bits per heavy atom. The number of nitrogen functional groups attached to an aromatic ring is 1. The lowest BCUT2D eigenvalue weighted by atomic mass is 10.2. The number of nitrogens with two attached hydrogens (primary N) is 1. The average molecular weight is 304 g/mol. The van der Waals surface area contributed by atoms with Crippen LogP contribution in [0.25, 0.3) is 0 Å². The maximum Gasteiger partial charge on any atom is 0.225 e. The molecule has 1 aromatic carbocycles. The van der Waals surface area contributed by atoms with E-state index >= 15 is 0 Å². The van der Waals surface area contributed by atoms with Gasteiger partial charge in [0.25, 0.3) is 0 Å². The molecule has 0 saturated carbocycles. The molecule has 0 aliphatic carbocycles. The van der Waals surface area contributed by atoms with Crippen molar-refractivity contribution in [1.82, 2.24) is 14.9 Å². The molecule has 1 saturated heterocycles. The number of nitrogens with zero attached hydrogens (tertiary/aromatic N) is 4. The highest BCUT2D eigenvalue weighted by molar-refractivity contribution is 6.33. The molecule has 1 fully saturated rings. The number of aromatic nitrogens is 2. The Morgan fingerprint density at radius 2 is 1.81 bits per heavy atom. The third kappa shape index (κ3) is 3.43. The van der Waals surface area contributed by atoms with E-state index in [4.69, 9.17) is 17.3 Å². The molecule has 1 aliphatic rings. The summed E-state index contributed by atoms with van der Waals surface area (Å²) < 4.78 is 0. The predicted octanol–water partition coefficient (Wildman–Crippen LogP) is 2.03. The summed E-state index contributed by atoms with van der Waals surface area (Å²) in [6.07, 6.45) is 3.57. The van der Waals surface area contributed by atoms with E-state index in [0.717, 1.165) is 38.7 Å². The van der Waals surface area contributed by atoms with Gasteiger partial charge in [0, 0.05) is 45.1 Å². The zero-order valence-electron chi connectivity index (χ0n) is 11.7. The van der Waals surface area contributed by atoms with Crippen molar-refractivity contribution in [3.05, 3.63) is 47.2 Å². The summed E-state index contributed by atoms with van der Waals surface area (Å²) in [6, 6.07) is 7.69. The van der Waals surface area contributed by atoms with Gasteiger partial charge in [-0.05, 0) is 23.8 Å². The second kappa shape index (κ2) is 6.28. The minimum absolute atomic E-state index is 0.629. The summed E-state index contributed by atoms with van der Waals surface area (Å²) in [5.41, 5.74) is 7.56. The number of anilines is 2. The summed E-state index contributed by atoms with van der Waals surface area (Å²) in [6.45, 7) is 4.74. The number of hydrogen-bond acceptors (Lipinski definition) is 5. The van der Waals surface area contributed by atoms with Gasteiger partial charge >= 0.3 is 0 Å². The van der Waals surface area contributed by atoms with Gasteiger partial charge < -0.3 is 10.6 Å². The standard InChI is InChI=1S/C15H18ClN5/c16-13-10-12(2-3-14(13)17)11-20-6-8-21(9-7-20)15-18-4-1-5-19-15/h1-5,10H,6-9,11,17H2. The third-order valence-electron chi connectivity index (χ3n) is 3.68. The van der Waals surface area contributed by atoms with E-state index in [0.29, 0.717) is 10.7 Å². The van der Waals surface area contributed by atoms with Gasteiger partial charge in [-0.3, -0.25) is 4.90 Å². The van der Waals surface area contributed by atoms with Crippen molar-refractivity contribution in [2.45, 2.75) is 6.54 Å². The van der Waals surface area contributed by atoms with Crippen molar-refractivity contribution in [3.8, 4) is 0 Å². The Bertz CT molecular complexity index is 596. The number of benzene rings is 1. The van der Waals surface area contributed by atoms with Gasteiger partial charge in [-0.1, -0.05) is 17.7 Å². The van der Waals surface area contributed by atoms with Crippen LogP contribution in [0.1, 0.15) is 5.56 Å². The van der Waals surface area contributed by atoms with E-state index in [1.807, 2.05) is 24.3 Å². The summed E-state index contributed by atoms with van der Waals surface area (Å²) in [4.78, 5) is 13.2. The Labute approximate surface area is 129 Å². The molecular weight excluding hydrogens is 286 g/mol. The molecule has 0 unspecified atom stereocenters. The fraction of sp³-hybridized carbons (Fsp3) is 0.333. The van der Waals surface area contributed by atoms with Gasteiger partial charge in [0.1, 0.15) is 0 Å². The third-order valence-corrected chi connectivity index (χ3v) is 4.01. The minimum atomic E-state index is 0.629. The van der Waals surface area contributed by atoms with E-state index in [9.17, 15) is 0 Å². The highest BCUT2D eigenvalue weighted by Gasteiger charge is 2.18. The molecule has 2 heterocycles. The fourth-order valence-electron chi connectivity index (χ4n) is 2.49. The largest absolute Gasteiger partial charge is 0.398 e. The van der Waals surface area contributed by atoms with Gasteiger partial charge in [0.15, 0.2) is 0 Å². The predicted molar refractivity (Wildman–Crippen MR) is 85.4 cm³/mol. The SMILES string of the molecule is Nc1ccc(CN2CCN(c3ncccn3)CC2)cc1Cl. The highest BCUT2D eigenvalue weighted by Crippen LogP contribution is 2.21. The molecule has 2 N–H and O–H groups in total. The van der Waals surface area contributed by atoms with Crippen LogP contribution in [0.3, 0.4) is 0 Å². The zero-order chi connectivity index (χ0) is 14.7. The quantitative estimate of drug-likeness (QED) is 0.879. The zero-order valence-corrected chi connectivity index (χ0v) is 12.5. The second-order valence-corrected chi connectivity index (χ2v) is 5.58. The molecule has 1 aliphatic heterocycles. The Morgan fingerprint density at radius 3 is 2.48 bits per heavy atom. The summed E-state index contributed by atoms with van der Waals surface area (Å²) in [5, 5.41) is 0.629. The van der Waals surface area contributed by atoms with Crippen LogP contribution in [-0.4, -0.2) is 41.0 Å². The van der Waals surface area contributed by atoms with Crippen LogP contribution in [0.4, 0.5) is 11.6 Å². The average Bonchev–Trinajstić information content (AvgIpc) is 2.53. The van der Waals surface area contributed by atoms with Crippen molar-refractivity contribution < 1.29 is 0 Å². The van der Waals surface area contributed by atoms with Crippen molar-refractivity contribution in [3.63, 3.8) is 0 Å². The van der Waals surface area contributed by atoms with E-state index in [-0.39, 0.29) is 0 Å². The molecule has 0 atom stereocenters. The molecule has 1 aromatic heterocycles. The fourth-order valence-corrected chi connectivity index (χ4v) is 2.69. The lowest BCUT2D eigenvalue weighted by Gasteiger charge is -2.34. The molecule has 6 heteroatoms. The van der Waals surface area contributed by atoms with Crippen LogP contribution in [0.15, 0.2) is 36.7 Å². The van der Waals surface area contributed by atoms with Crippen molar-refractivity contribution in [2.75, 3.05) is 36.8 Å². The van der Waals surface area contributed by atoms with Gasteiger partial charge in [0.2, 0.25) is 5.95 Å². The normalized spacial score (nSPS) is 16.1. The van der Waals surface area contributed by atoms with Crippen molar-refractivity contribution in [2.24, 2.45) is 0 Å². The molecular formula is C15H18ClN5. The summed E-state index contributed by atoms with van der Waals surface area (Å²) in [7, 11) is 0. The maximum atomic E-state index is 6.07. The summed E-state index contributed by atoms with van der Waals surface area (Å²) in [5.74, 6) is 0.813. The summed E-state index contributed by atoms with van der Waals surface area (Å²) >= 11 is 6.07. The highest BCUT2D eigenvalue weighted by atomic mass is 35.5. The lowest BCUT2D eigenvalue weighted by molar-refractivity contribution is 0.248. The number of halogens is 1. The first-order valence-electron chi connectivity index (χ1n) is 7.00. The lowest BCUT2D eigenvalue weighted by Crippen LogP contribution is -2.46.